The lowest BCUT2D eigenvalue weighted by Crippen LogP contribution is -2.45. The number of carbonyl (C=O) groups is 1. The summed E-state index contributed by atoms with van der Waals surface area (Å²) in [7, 11) is 1.71. The van der Waals surface area contributed by atoms with Crippen molar-refractivity contribution in [2.45, 2.75) is 44.2 Å². The summed E-state index contributed by atoms with van der Waals surface area (Å²) in [5, 5.41) is 10.4. The SMILES string of the molecule is Cc1ccc(C(N)C(=O)N(C)CC2(O)CCCC2)cc1. The summed E-state index contributed by atoms with van der Waals surface area (Å²) in [4.78, 5) is 13.9. The van der Waals surface area contributed by atoms with Crippen molar-refractivity contribution in [3.8, 4) is 0 Å². The van der Waals surface area contributed by atoms with Crippen molar-refractivity contribution < 1.29 is 9.90 Å². The molecule has 1 amide bonds. The molecular weight excluding hydrogens is 252 g/mol. The Morgan fingerprint density at radius 1 is 1.35 bits per heavy atom. The minimum Gasteiger partial charge on any atom is -0.388 e. The number of rotatable bonds is 4. The summed E-state index contributed by atoms with van der Waals surface area (Å²) in [6.45, 7) is 2.37. The third-order valence-corrected chi connectivity index (χ3v) is 4.14. The van der Waals surface area contributed by atoms with Crippen LogP contribution in [0.15, 0.2) is 24.3 Å². The third kappa shape index (κ3) is 3.38. The maximum atomic E-state index is 12.3. The number of amides is 1. The number of hydrogen-bond donors (Lipinski definition) is 2. The second-order valence-corrected chi connectivity index (χ2v) is 6.01. The first-order valence-corrected chi connectivity index (χ1v) is 7.21. The van der Waals surface area contributed by atoms with E-state index >= 15 is 0 Å². The molecule has 1 unspecified atom stereocenters. The summed E-state index contributed by atoms with van der Waals surface area (Å²) >= 11 is 0. The molecule has 0 saturated heterocycles. The Bertz CT molecular complexity index is 464. The highest BCUT2D eigenvalue weighted by atomic mass is 16.3. The molecule has 1 aliphatic rings. The van der Waals surface area contributed by atoms with Gasteiger partial charge in [-0.3, -0.25) is 4.79 Å². The predicted octanol–water partition coefficient (Wildman–Crippen LogP) is 1.76. The zero-order chi connectivity index (χ0) is 14.8. The van der Waals surface area contributed by atoms with Crippen LogP contribution in [0.3, 0.4) is 0 Å². The molecule has 1 aliphatic carbocycles. The Balaban J connectivity index is 2.00. The average Bonchev–Trinajstić information content (AvgIpc) is 2.84. The van der Waals surface area contributed by atoms with Gasteiger partial charge in [-0.15, -0.1) is 0 Å². The van der Waals surface area contributed by atoms with Gasteiger partial charge in [0, 0.05) is 13.6 Å². The van der Waals surface area contributed by atoms with Gasteiger partial charge >= 0.3 is 0 Å². The summed E-state index contributed by atoms with van der Waals surface area (Å²) in [6.07, 6.45) is 3.60. The first-order valence-electron chi connectivity index (χ1n) is 7.21. The number of nitrogens with two attached hydrogens (primary N) is 1. The Hall–Kier alpha value is -1.39. The summed E-state index contributed by atoms with van der Waals surface area (Å²) in [5.74, 6) is -0.144. The largest absolute Gasteiger partial charge is 0.388 e. The predicted molar refractivity (Wildman–Crippen MR) is 79.2 cm³/mol. The lowest BCUT2D eigenvalue weighted by atomic mass is 10.0. The standard InChI is InChI=1S/C16H24N2O2/c1-12-5-7-13(8-6-12)14(17)15(19)18(2)11-16(20)9-3-4-10-16/h5-8,14,20H,3-4,9-11,17H2,1-2H3. The van der Waals surface area contributed by atoms with Gasteiger partial charge in [-0.2, -0.15) is 0 Å². The van der Waals surface area contributed by atoms with E-state index < -0.39 is 11.6 Å². The molecule has 1 saturated carbocycles. The van der Waals surface area contributed by atoms with E-state index in [1.807, 2.05) is 31.2 Å². The van der Waals surface area contributed by atoms with Crippen molar-refractivity contribution in [2.24, 2.45) is 5.73 Å². The second kappa shape index (κ2) is 5.94. The van der Waals surface area contributed by atoms with Crippen LogP contribution < -0.4 is 5.73 Å². The number of aryl methyl sites for hydroxylation is 1. The van der Waals surface area contributed by atoms with Crippen LogP contribution in [0.25, 0.3) is 0 Å². The Kier molecular flexibility index (Phi) is 4.45. The summed E-state index contributed by atoms with van der Waals surface area (Å²) in [5.41, 5.74) is 7.26. The molecule has 1 atom stereocenters. The van der Waals surface area contributed by atoms with Crippen LogP contribution in [-0.4, -0.2) is 35.1 Å². The molecule has 1 fully saturated rings. The van der Waals surface area contributed by atoms with E-state index in [9.17, 15) is 9.90 Å². The maximum absolute atomic E-state index is 12.3. The monoisotopic (exact) mass is 276 g/mol. The number of nitrogens with zero attached hydrogens (tertiary/aromatic N) is 1. The molecule has 0 spiro atoms. The van der Waals surface area contributed by atoms with Gasteiger partial charge < -0.3 is 15.7 Å². The fourth-order valence-corrected chi connectivity index (χ4v) is 2.86. The van der Waals surface area contributed by atoms with Gasteiger partial charge in [0.25, 0.3) is 0 Å². The molecule has 4 heteroatoms. The number of carbonyl (C=O) groups excluding carboxylic acids is 1. The second-order valence-electron chi connectivity index (χ2n) is 6.01. The minimum absolute atomic E-state index is 0.144. The highest BCUT2D eigenvalue weighted by Gasteiger charge is 2.34. The number of likely N-dealkylation sites (N-methyl/N-ethyl adjacent to an activating group) is 1. The fraction of sp³-hybridized carbons (Fsp3) is 0.562. The molecule has 110 valence electrons. The van der Waals surface area contributed by atoms with E-state index in [0.717, 1.165) is 36.8 Å². The molecule has 0 heterocycles. The van der Waals surface area contributed by atoms with Crippen molar-refractivity contribution in [1.82, 2.24) is 4.90 Å². The Morgan fingerprint density at radius 2 is 1.90 bits per heavy atom. The zero-order valence-electron chi connectivity index (χ0n) is 12.3. The first kappa shape index (κ1) is 15.0. The van der Waals surface area contributed by atoms with Crippen LogP contribution in [0.4, 0.5) is 0 Å². The van der Waals surface area contributed by atoms with Crippen molar-refractivity contribution in [2.75, 3.05) is 13.6 Å². The third-order valence-electron chi connectivity index (χ3n) is 4.14. The summed E-state index contributed by atoms with van der Waals surface area (Å²) in [6, 6.07) is 7.01. The van der Waals surface area contributed by atoms with Crippen molar-refractivity contribution in [3.63, 3.8) is 0 Å². The highest BCUT2D eigenvalue weighted by molar-refractivity contribution is 5.82. The lowest BCUT2D eigenvalue weighted by Gasteiger charge is -2.30. The number of aliphatic hydroxyl groups is 1. The molecule has 2 rings (SSSR count). The summed E-state index contributed by atoms with van der Waals surface area (Å²) < 4.78 is 0. The molecule has 0 aromatic heterocycles. The van der Waals surface area contributed by atoms with Crippen molar-refractivity contribution in [1.29, 1.82) is 0 Å². The van der Waals surface area contributed by atoms with Gasteiger partial charge in [0.2, 0.25) is 5.91 Å². The normalized spacial score (nSPS) is 18.8. The van der Waals surface area contributed by atoms with Crippen LogP contribution >= 0.6 is 0 Å². The first-order chi connectivity index (χ1) is 9.41. The van der Waals surface area contributed by atoms with E-state index in [2.05, 4.69) is 0 Å². The number of hydrogen-bond acceptors (Lipinski definition) is 3. The maximum Gasteiger partial charge on any atom is 0.243 e. The molecule has 0 bridgehead atoms. The van der Waals surface area contributed by atoms with Gasteiger partial charge in [0.1, 0.15) is 6.04 Å². The molecule has 1 aromatic carbocycles. The van der Waals surface area contributed by atoms with Gasteiger partial charge in [-0.05, 0) is 25.3 Å². The van der Waals surface area contributed by atoms with E-state index in [4.69, 9.17) is 5.73 Å². The highest BCUT2D eigenvalue weighted by Crippen LogP contribution is 2.30. The quantitative estimate of drug-likeness (QED) is 0.880. The smallest absolute Gasteiger partial charge is 0.243 e. The topological polar surface area (TPSA) is 66.6 Å². The molecule has 3 N–H and O–H groups in total. The van der Waals surface area contributed by atoms with Gasteiger partial charge in [-0.1, -0.05) is 42.7 Å². The Labute approximate surface area is 120 Å². The molecule has 20 heavy (non-hydrogen) atoms. The molecule has 1 aromatic rings. The fourth-order valence-electron chi connectivity index (χ4n) is 2.86. The minimum atomic E-state index is -0.725. The van der Waals surface area contributed by atoms with Crippen molar-refractivity contribution in [3.05, 3.63) is 35.4 Å². The van der Waals surface area contributed by atoms with Crippen LogP contribution in [0.5, 0.6) is 0 Å². The van der Waals surface area contributed by atoms with E-state index in [1.54, 1.807) is 11.9 Å². The van der Waals surface area contributed by atoms with E-state index in [-0.39, 0.29) is 5.91 Å². The molecule has 0 aliphatic heterocycles. The Morgan fingerprint density at radius 3 is 2.45 bits per heavy atom. The van der Waals surface area contributed by atoms with Crippen molar-refractivity contribution >= 4 is 5.91 Å². The van der Waals surface area contributed by atoms with Crippen LogP contribution in [0.2, 0.25) is 0 Å². The van der Waals surface area contributed by atoms with Crippen LogP contribution in [0, 0.1) is 6.92 Å². The molecule has 0 radical (unpaired) electrons. The van der Waals surface area contributed by atoms with Crippen LogP contribution in [-0.2, 0) is 4.79 Å². The molecule has 4 nitrogen and oxygen atoms in total. The molecular formula is C16H24N2O2. The van der Waals surface area contributed by atoms with E-state index in [1.165, 1.54) is 0 Å². The lowest BCUT2D eigenvalue weighted by molar-refractivity contribution is -0.134. The van der Waals surface area contributed by atoms with Crippen LogP contribution in [0.1, 0.15) is 42.9 Å². The van der Waals surface area contributed by atoms with Gasteiger partial charge in [-0.25, -0.2) is 0 Å². The van der Waals surface area contributed by atoms with Gasteiger partial charge in [0.15, 0.2) is 0 Å². The number of benzene rings is 1. The zero-order valence-corrected chi connectivity index (χ0v) is 12.3. The van der Waals surface area contributed by atoms with E-state index in [0.29, 0.717) is 6.54 Å². The average molecular weight is 276 g/mol. The van der Waals surface area contributed by atoms with Gasteiger partial charge in [0.05, 0.1) is 5.60 Å².